The topological polar surface area (TPSA) is 130 Å². The van der Waals surface area contributed by atoms with E-state index in [1.54, 1.807) is 53.6 Å². The second-order valence-electron chi connectivity index (χ2n) is 7.06. The zero-order valence-corrected chi connectivity index (χ0v) is 19.2. The molecule has 35 heavy (non-hydrogen) atoms. The van der Waals surface area contributed by atoms with E-state index in [-0.39, 0.29) is 22.7 Å². The molecule has 0 bridgehead atoms. The van der Waals surface area contributed by atoms with Crippen molar-refractivity contribution >= 4 is 46.3 Å². The van der Waals surface area contributed by atoms with E-state index in [1.165, 1.54) is 13.3 Å². The van der Waals surface area contributed by atoms with E-state index in [1.807, 2.05) is 6.07 Å². The van der Waals surface area contributed by atoms with Crippen LogP contribution in [0.2, 0.25) is 5.02 Å². The normalized spacial score (nSPS) is 10.2. The van der Waals surface area contributed by atoms with Gasteiger partial charge in [0.25, 0.3) is 0 Å². The molecule has 0 aliphatic heterocycles. The number of anilines is 5. The lowest BCUT2D eigenvalue weighted by atomic mass is 10.1. The molecule has 0 fully saturated rings. The van der Waals surface area contributed by atoms with Crippen molar-refractivity contribution in [3.8, 4) is 17.5 Å². The molecule has 11 heteroatoms. The Bertz CT molecular complexity index is 1430. The zero-order chi connectivity index (χ0) is 24.8. The van der Waals surface area contributed by atoms with Gasteiger partial charge in [-0.15, -0.1) is 0 Å². The Balaban J connectivity index is 1.61. The van der Waals surface area contributed by atoms with Crippen LogP contribution in [0.5, 0.6) is 5.75 Å². The minimum Gasteiger partial charge on any atom is -0.497 e. The Labute approximate surface area is 205 Å². The quantitative estimate of drug-likeness (QED) is 0.302. The molecule has 174 valence electrons. The summed E-state index contributed by atoms with van der Waals surface area (Å²) in [4.78, 5) is 24.6. The van der Waals surface area contributed by atoms with Gasteiger partial charge in [0.15, 0.2) is 5.82 Å². The van der Waals surface area contributed by atoms with Crippen LogP contribution in [0.3, 0.4) is 0 Å². The average Bonchev–Trinajstić information content (AvgIpc) is 3.42. The number of benzene rings is 2. The summed E-state index contributed by atoms with van der Waals surface area (Å²) in [5, 5.41) is 18.8. The molecule has 0 saturated carbocycles. The Kier molecular flexibility index (Phi) is 6.90. The summed E-state index contributed by atoms with van der Waals surface area (Å²) in [6, 6.07) is 12.6. The maximum atomic E-state index is 11.9. The lowest BCUT2D eigenvalue weighted by molar-refractivity contribution is -0.111. The predicted octanol–water partition coefficient (Wildman–Crippen LogP) is 4.81. The highest BCUT2D eigenvalue weighted by molar-refractivity contribution is 6.33. The number of aromatic nitrogens is 4. The maximum absolute atomic E-state index is 11.9. The number of halogens is 1. The van der Waals surface area contributed by atoms with Crippen LogP contribution in [-0.2, 0) is 4.79 Å². The number of nitriles is 1. The second kappa shape index (κ2) is 10.4. The summed E-state index contributed by atoms with van der Waals surface area (Å²) in [6.07, 6.45) is 7.68. The first-order valence-corrected chi connectivity index (χ1v) is 10.6. The van der Waals surface area contributed by atoms with Gasteiger partial charge in [-0.1, -0.05) is 18.2 Å². The molecule has 3 N–H and O–H groups in total. The maximum Gasteiger partial charge on any atom is 0.247 e. The van der Waals surface area contributed by atoms with Crippen molar-refractivity contribution < 1.29 is 9.53 Å². The molecule has 2 aromatic carbocycles. The van der Waals surface area contributed by atoms with E-state index in [0.29, 0.717) is 28.4 Å². The van der Waals surface area contributed by atoms with Crippen molar-refractivity contribution in [3.05, 3.63) is 84.6 Å². The third-order valence-electron chi connectivity index (χ3n) is 4.84. The number of methoxy groups -OCH3 is 1. The van der Waals surface area contributed by atoms with Gasteiger partial charge in [0, 0.05) is 24.1 Å². The minimum atomic E-state index is -0.388. The van der Waals surface area contributed by atoms with Gasteiger partial charge in [0.2, 0.25) is 11.9 Å². The van der Waals surface area contributed by atoms with Crippen molar-refractivity contribution in [1.82, 2.24) is 19.5 Å². The van der Waals surface area contributed by atoms with Gasteiger partial charge < -0.3 is 25.3 Å². The second-order valence-corrected chi connectivity index (χ2v) is 7.46. The van der Waals surface area contributed by atoms with Crippen molar-refractivity contribution in [1.29, 1.82) is 5.26 Å². The minimum absolute atomic E-state index is 0.217. The van der Waals surface area contributed by atoms with Gasteiger partial charge in [0.1, 0.15) is 16.8 Å². The van der Waals surface area contributed by atoms with Crippen LogP contribution in [0.1, 0.15) is 5.56 Å². The van der Waals surface area contributed by atoms with Crippen LogP contribution in [-0.4, -0.2) is 32.5 Å². The number of hydrogen-bond donors (Lipinski definition) is 3. The van der Waals surface area contributed by atoms with Crippen molar-refractivity contribution in [2.45, 2.75) is 0 Å². The molecule has 0 aliphatic carbocycles. The number of nitrogens with one attached hydrogen (secondary N) is 3. The smallest absolute Gasteiger partial charge is 0.247 e. The number of carbonyl (C=O) groups is 1. The summed E-state index contributed by atoms with van der Waals surface area (Å²) in [6.45, 7) is 3.47. The third-order valence-corrected chi connectivity index (χ3v) is 5.12. The van der Waals surface area contributed by atoms with E-state index in [9.17, 15) is 10.1 Å². The Morgan fingerprint density at radius 2 is 2.03 bits per heavy atom. The van der Waals surface area contributed by atoms with Crippen LogP contribution in [0, 0.1) is 11.3 Å². The molecule has 2 aromatic heterocycles. The summed E-state index contributed by atoms with van der Waals surface area (Å²) in [5.41, 5.74) is 2.68. The molecule has 1 amide bonds. The molecule has 0 saturated heterocycles. The standard InChI is InChI=1S/C24H19ClN8O2/c1-3-22(34)29-21-11-17(35-2)5-7-20(21)30-23-18(25)13-28-24(32-23)31-19-6-4-16(10-15(19)12-26)33-9-8-27-14-33/h3-11,13-14H,1H2,2H3,(H,29,34)(H2,28,30,31,32). The van der Waals surface area contributed by atoms with E-state index in [4.69, 9.17) is 16.3 Å². The summed E-state index contributed by atoms with van der Waals surface area (Å²) < 4.78 is 7.04. The lowest BCUT2D eigenvalue weighted by Crippen LogP contribution is -2.10. The van der Waals surface area contributed by atoms with Gasteiger partial charge in [0.05, 0.1) is 42.3 Å². The van der Waals surface area contributed by atoms with Gasteiger partial charge >= 0.3 is 0 Å². The molecule has 0 aliphatic rings. The Hall–Kier alpha value is -4.88. The molecular formula is C24H19ClN8O2. The van der Waals surface area contributed by atoms with Crippen LogP contribution >= 0.6 is 11.6 Å². The highest BCUT2D eigenvalue weighted by atomic mass is 35.5. The van der Waals surface area contributed by atoms with Crippen molar-refractivity contribution in [2.24, 2.45) is 0 Å². The first-order valence-electron chi connectivity index (χ1n) is 10.2. The van der Waals surface area contributed by atoms with E-state index in [2.05, 4.69) is 43.6 Å². The fourth-order valence-electron chi connectivity index (χ4n) is 3.12. The molecular weight excluding hydrogens is 468 g/mol. The number of imidazole rings is 1. The molecule has 0 spiro atoms. The van der Waals surface area contributed by atoms with E-state index >= 15 is 0 Å². The first kappa shape index (κ1) is 23.3. The predicted molar refractivity (Wildman–Crippen MR) is 134 cm³/mol. The van der Waals surface area contributed by atoms with Gasteiger partial charge in [-0.25, -0.2) is 9.97 Å². The van der Waals surface area contributed by atoms with Gasteiger partial charge in [-0.2, -0.15) is 10.2 Å². The number of nitrogens with zero attached hydrogens (tertiary/aromatic N) is 5. The SMILES string of the molecule is C=CC(=O)Nc1cc(OC)ccc1Nc1nc(Nc2ccc(-n3ccnc3)cc2C#N)ncc1Cl. The molecule has 10 nitrogen and oxygen atoms in total. The Morgan fingerprint density at radius 1 is 1.20 bits per heavy atom. The molecule has 4 aromatic rings. The Morgan fingerprint density at radius 3 is 2.74 bits per heavy atom. The van der Waals surface area contributed by atoms with Gasteiger partial charge in [-0.3, -0.25) is 4.79 Å². The third kappa shape index (κ3) is 5.38. The number of amides is 1. The number of carbonyl (C=O) groups excluding carboxylic acids is 1. The van der Waals surface area contributed by atoms with Crippen molar-refractivity contribution in [3.63, 3.8) is 0 Å². The van der Waals surface area contributed by atoms with Crippen LogP contribution in [0.4, 0.5) is 28.8 Å². The van der Waals surface area contributed by atoms with E-state index in [0.717, 1.165) is 11.8 Å². The molecule has 0 atom stereocenters. The highest BCUT2D eigenvalue weighted by Crippen LogP contribution is 2.32. The molecule has 2 heterocycles. The highest BCUT2D eigenvalue weighted by Gasteiger charge is 2.13. The number of rotatable bonds is 8. The van der Waals surface area contributed by atoms with Crippen LogP contribution in [0.25, 0.3) is 5.69 Å². The fraction of sp³-hybridized carbons (Fsp3) is 0.0417. The van der Waals surface area contributed by atoms with Crippen LogP contribution < -0.4 is 20.7 Å². The summed E-state index contributed by atoms with van der Waals surface area (Å²) in [5.74, 6) is 0.667. The first-order chi connectivity index (χ1) is 17.0. The van der Waals surface area contributed by atoms with Crippen LogP contribution in [0.15, 0.2) is 74.0 Å². The zero-order valence-electron chi connectivity index (χ0n) is 18.5. The molecule has 4 rings (SSSR count). The number of ether oxygens (including phenoxy) is 1. The lowest BCUT2D eigenvalue weighted by Gasteiger charge is -2.15. The average molecular weight is 487 g/mol. The summed E-state index contributed by atoms with van der Waals surface area (Å²) >= 11 is 6.32. The largest absolute Gasteiger partial charge is 0.497 e. The van der Waals surface area contributed by atoms with E-state index < -0.39 is 0 Å². The van der Waals surface area contributed by atoms with Crippen molar-refractivity contribution in [2.75, 3.05) is 23.1 Å². The fourth-order valence-corrected chi connectivity index (χ4v) is 3.25. The number of hydrogen-bond acceptors (Lipinski definition) is 8. The van der Waals surface area contributed by atoms with Gasteiger partial charge in [-0.05, 0) is 36.4 Å². The molecule has 0 unspecified atom stereocenters. The monoisotopic (exact) mass is 486 g/mol. The molecule has 0 radical (unpaired) electrons. The summed E-state index contributed by atoms with van der Waals surface area (Å²) in [7, 11) is 1.53.